The van der Waals surface area contributed by atoms with Crippen LogP contribution in [0.5, 0.6) is 0 Å². The number of nitrogens with zero attached hydrogens (tertiary/aromatic N) is 1. The van der Waals surface area contributed by atoms with Gasteiger partial charge in [0.15, 0.2) is 0 Å². The van der Waals surface area contributed by atoms with E-state index in [1.807, 2.05) is 0 Å². The molecule has 1 N–H and O–H groups in total. The number of rotatable bonds is 0. The molecule has 2 nitrogen and oxygen atoms in total. The highest BCUT2D eigenvalue weighted by Crippen LogP contribution is 2.33. The molecule has 6 heteroatoms. The van der Waals surface area contributed by atoms with Crippen LogP contribution in [-0.4, -0.2) is 11.6 Å². The highest BCUT2D eigenvalue weighted by molar-refractivity contribution is 7.81. The largest absolute Gasteiger partial charge is 0.417 e. The van der Waals surface area contributed by atoms with Gasteiger partial charge in [-0.05, 0) is 13.0 Å². The minimum absolute atomic E-state index is 0.344. The van der Waals surface area contributed by atoms with Gasteiger partial charge in [-0.15, -0.1) is 12.6 Å². The Kier molecular flexibility index (Phi) is 2.81. The lowest BCUT2D eigenvalue weighted by molar-refractivity contribution is -0.0892. The molecule has 0 aliphatic carbocycles. The molecule has 0 saturated heterocycles. The molecule has 14 heavy (non-hydrogen) atoms. The van der Waals surface area contributed by atoms with E-state index in [9.17, 15) is 13.2 Å². The van der Waals surface area contributed by atoms with Gasteiger partial charge in [0.1, 0.15) is 5.37 Å². The van der Waals surface area contributed by atoms with Crippen LogP contribution >= 0.6 is 12.6 Å². The number of hydrogen-bond acceptors (Lipinski definition) is 3. The lowest BCUT2D eigenvalue weighted by Crippen LogP contribution is -2.31. The third-order valence-corrected chi connectivity index (χ3v) is 2.10. The first-order chi connectivity index (χ1) is 6.36. The van der Waals surface area contributed by atoms with Gasteiger partial charge in [-0.3, -0.25) is 0 Å². The van der Waals surface area contributed by atoms with Gasteiger partial charge in [-0.1, -0.05) is 0 Å². The summed E-state index contributed by atoms with van der Waals surface area (Å²) in [4.78, 5) is 0. The van der Waals surface area contributed by atoms with E-state index in [4.69, 9.17) is 5.26 Å². The van der Waals surface area contributed by atoms with Crippen molar-refractivity contribution < 1.29 is 13.2 Å². The summed E-state index contributed by atoms with van der Waals surface area (Å²) in [6.45, 7) is 1.49. The molecule has 0 radical (unpaired) electrons. The summed E-state index contributed by atoms with van der Waals surface area (Å²) < 4.78 is 37.2. The molecule has 0 aromatic carbocycles. The first-order valence-electron chi connectivity index (χ1n) is 3.70. The molecular formula is C8H7F3N2S. The van der Waals surface area contributed by atoms with Crippen molar-refractivity contribution in [3.8, 4) is 6.07 Å². The van der Waals surface area contributed by atoms with Gasteiger partial charge in [0.25, 0.3) is 0 Å². The Hall–Kier alpha value is -1.09. The number of allylic oxidation sites excluding steroid dienone is 3. The molecule has 1 heterocycles. The number of hydrogen-bond donors (Lipinski definition) is 2. The van der Waals surface area contributed by atoms with E-state index in [2.05, 4.69) is 17.9 Å². The second kappa shape index (κ2) is 3.58. The van der Waals surface area contributed by atoms with Crippen molar-refractivity contribution in [1.82, 2.24) is 5.32 Å². The average Bonchev–Trinajstić information content (AvgIpc) is 2.01. The van der Waals surface area contributed by atoms with E-state index >= 15 is 0 Å². The molecule has 0 bridgehead atoms. The highest BCUT2D eigenvalue weighted by atomic mass is 32.1. The SMILES string of the molecule is CC1=CC(C(F)(F)F)=C(C#N)C(S)N1. The molecule has 0 fully saturated rings. The van der Waals surface area contributed by atoms with Crippen molar-refractivity contribution in [2.24, 2.45) is 0 Å². The number of halogens is 3. The maximum absolute atomic E-state index is 12.4. The van der Waals surface area contributed by atoms with Crippen LogP contribution in [-0.2, 0) is 0 Å². The molecule has 76 valence electrons. The number of thiol groups is 1. The Morgan fingerprint density at radius 2 is 2.14 bits per heavy atom. The number of nitriles is 1. The van der Waals surface area contributed by atoms with Crippen molar-refractivity contribution in [2.45, 2.75) is 18.5 Å². The maximum Gasteiger partial charge on any atom is 0.417 e. The minimum Gasteiger partial charge on any atom is -0.373 e. The predicted octanol–water partition coefficient (Wildman–Crippen LogP) is 2.13. The molecule has 0 aromatic heterocycles. The Morgan fingerprint density at radius 1 is 1.57 bits per heavy atom. The first kappa shape index (κ1) is 11.0. The van der Waals surface area contributed by atoms with Crippen molar-refractivity contribution >= 4 is 12.6 Å². The Bertz CT molecular complexity index is 349. The van der Waals surface area contributed by atoms with Crippen LogP contribution in [0.3, 0.4) is 0 Å². The summed E-state index contributed by atoms with van der Waals surface area (Å²) in [6.07, 6.45) is -3.60. The smallest absolute Gasteiger partial charge is 0.373 e. The Labute approximate surface area is 84.5 Å². The zero-order valence-electron chi connectivity index (χ0n) is 7.18. The minimum atomic E-state index is -4.50. The topological polar surface area (TPSA) is 35.8 Å². The van der Waals surface area contributed by atoms with Crippen LogP contribution in [0, 0.1) is 11.3 Å². The molecule has 1 atom stereocenters. The quantitative estimate of drug-likeness (QED) is 0.613. The number of dihydropyridines is 1. The van der Waals surface area contributed by atoms with Gasteiger partial charge in [0, 0.05) is 5.70 Å². The van der Waals surface area contributed by atoms with Gasteiger partial charge < -0.3 is 5.32 Å². The van der Waals surface area contributed by atoms with Gasteiger partial charge >= 0.3 is 6.18 Å². The summed E-state index contributed by atoms with van der Waals surface area (Å²) in [5.74, 6) is 0. The summed E-state index contributed by atoms with van der Waals surface area (Å²) in [5.41, 5.74) is -0.973. The molecular weight excluding hydrogens is 213 g/mol. The lowest BCUT2D eigenvalue weighted by Gasteiger charge is -2.23. The molecule has 0 spiro atoms. The van der Waals surface area contributed by atoms with E-state index < -0.39 is 22.7 Å². The second-order valence-corrected chi connectivity index (χ2v) is 3.33. The summed E-state index contributed by atoms with van der Waals surface area (Å²) in [6, 6.07) is 1.51. The van der Waals surface area contributed by atoms with Crippen molar-refractivity contribution in [2.75, 3.05) is 0 Å². The zero-order chi connectivity index (χ0) is 10.9. The van der Waals surface area contributed by atoms with Gasteiger partial charge in [0.2, 0.25) is 0 Å². The van der Waals surface area contributed by atoms with Crippen LogP contribution in [0.25, 0.3) is 0 Å². The van der Waals surface area contributed by atoms with Crippen LogP contribution in [0.1, 0.15) is 6.92 Å². The molecule has 0 aromatic rings. The summed E-state index contributed by atoms with van der Waals surface area (Å²) in [5, 5.41) is 10.3. The van der Waals surface area contributed by atoms with Crippen molar-refractivity contribution in [1.29, 1.82) is 5.26 Å². The fourth-order valence-corrected chi connectivity index (χ4v) is 1.53. The third-order valence-electron chi connectivity index (χ3n) is 1.71. The highest BCUT2D eigenvalue weighted by Gasteiger charge is 2.38. The standard InChI is InChI=1S/C8H7F3N2S/c1-4-2-6(8(9,10)11)5(3-12)7(14)13-4/h2,7,13-14H,1H3. The van der Waals surface area contributed by atoms with Gasteiger partial charge in [-0.25, -0.2) is 0 Å². The molecule has 1 aliphatic heterocycles. The second-order valence-electron chi connectivity index (χ2n) is 2.81. The Morgan fingerprint density at radius 3 is 2.57 bits per heavy atom. The van der Waals surface area contributed by atoms with Gasteiger partial charge in [-0.2, -0.15) is 18.4 Å². The third kappa shape index (κ3) is 2.04. The van der Waals surface area contributed by atoms with E-state index in [0.29, 0.717) is 5.70 Å². The molecule has 1 unspecified atom stereocenters. The first-order valence-corrected chi connectivity index (χ1v) is 4.22. The molecule has 0 amide bonds. The normalized spacial score (nSPS) is 22.6. The fraction of sp³-hybridized carbons (Fsp3) is 0.375. The lowest BCUT2D eigenvalue weighted by atomic mass is 10.0. The van der Waals surface area contributed by atoms with Crippen LogP contribution in [0.15, 0.2) is 22.9 Å². The fourth-order valence-electron chi connectivity index (χ4n) is 1.13. The van der Waals surface area contributed by atoms with E-state index in [1.165, 1.54) is 13.0 Å². The Balaban J connectivity index is 3.27. The van der Waals surface area contributed by atoms with Gasteiger partial charge in [0.05, 0.1) is 17.2 Å². The number of alkyl halides is 3. The van der Waals surface area contributed by atoms with E-state index in [0.717, 1.165) is 6.08 Å². The molecule has 1 aliphatic rings. The van der Waals surface area contributed by atoms with Crippen molar-refractivity contribution in [3.05, 3.63) is 22.9 Å². The molecule has 1 rings (SSSR count). The van der Waals surface area contributed by atoms with E-state index in [1.54, 1.807) is 0 Å². The molecule has 0 saturated carbocycles. The van der Waals surface area contributed by atoms with E-state index in [-0.39, 0.29) is 0 Å². The van der Waals surface area contributed by atoms with Crippen LogP contribution < -0.4 is 5.32 Å². The van der Waals surface area contributed by atoms with Crippen LogP contribution in [0.2, 0.25) is 0 Å². The predicted molar refractivity (Wildman–Crippen MR) is 48.4 cm³/mol. The number of nitrogens with one attached hydrogen (secondary N) is 1. The zero-order valence-corrected chi connectivity index (χ0v) is 8.08. The summed E-state index contributed by atoms with van der Waals surface area (Å²) >= 11 is 3.85. The summed E-state index contributed by atoms with van der Waals surface area (Å²) in [7, 11) is 0. The average molecular weight is 220 g/mol. The van der Waals surface area contributed by atoms with Crippen molar-refractivity contribution in [3.63, 3.8) is 0 Å². The monoisotopic (exact) mass is 220 g/mol. The maximum atomic E-state index is 12.4. The van der Waals surface area contributed by atoms with Crippen LogP contribution in [0.4, 0.5) is 13.2 Å².